The van der Waals surface area contributed by atoms with Gasteiger partial charge >= 0.3 is 5.97 Å². The second-order valence-corrected chi connectivity index (χ2v) is 9.26. The summed E-state index contributed by atoms with van der Waals surface area (Å²) in [6.07, 6.45) is 1.88. The number of rotatable bonds is 5. The van der Waals surface area contributed by atoms with Crippen LogP contribution in [0.25, 0.3) is 11.8 Å². The molecule has 4 aromatic rings. The Morgan fingerprint density at radius 2 is 1.66 bits per heavy atom. The fourth-order valence-electron chi connectivity index (χ4n) is 4.21. The number of esters is 1. The number of aryl methyl sites for hydroxylation is 1. The van der Waals surface area contributed by atoms with E-state index in [9.17, 15) is 9.59 Å². The largest absolute Gasteiger partial charge is 0.463 e. The van der Waals surface area contributed by atoms with Gasteiger partial charge in [0.2, 0.25) is 0 Å². The van der Waals surface area contributed by atoms with Gasteiger partial charge in [0.15, 0.2) is 4.80 Å². The Morgan fingerprint density at radius 3 is 2.31 bits per heavy atom. The summed E-state index contributed by atoms with van der Waals surface area (Å²) >= 11 is 1.33. The van der Waals surface area contributed by atoms with Crippen molar-refractivity contribution in [1.29, 1.82) is 0 Å². The second kappa shape index (κ2) is 9.68. The summed E-state index contributed by atoms with van der Waals surface area (Å²) in [6, 6.07) is 26.5. The third-order valence-corrected chi connectivity index (χ3v) is 6.85. The van der Waals surface area contributed by atoms with E-state index in [0.29, 0.717) is 20.6 Å². The van der Waals surface area contributed by atoms with Crippen LogP contribution in [0.5, 0.6) is 0 Å². The van der Waals surface area contributed by atoms with E-state index in [1.54, 1.807) is 11.5 Å². The predicted octanol–water partition coefficient (Wildman–Crippen LogP) is 4.24. The molecular formula is C29H24N2O3S. The van der Waals surface area contributed by atoms with Gasteiger partial charge < -0.3 is 4.74 Å². The number of carbonyl (C=O) groups excluding carboxylic acids is 1. The zero-order valence-corrected chi connectivity index (χ0v) is 20.3. The Bertz CT molecular complexity index is 1580. The molecule has 35 heavy (non-hydrogen) atoms. The molecule has 1 aliphatic rings. The van der Waals surface area contributed by atoms with E-state index in [1.807, 2.05) is 97.9 Å². The van der Waals surface area contributed by atoms with Crippen molar-refractivity contribution in [3.8, 4) is 0 Å². The van der Waals surface area contributed by atoms with Gasteiger partial charge in [-0.15, -0.1) is 0 Å². The highest BCUT2D eigenvalue weighted by atomic mass is 32.1. The standard InChI is InChI=1S/C29H24N2O3S/c1-3-34-28(33)24-25(21-10-6-4-7-11-21)30-29-31(26(24)22-12-8-5-9-13-22)27(32)23(35-29)18-20-16-14-19(2)15-17-20/h4-18,26H,3H2,1-2H3/b23-18+. The summed E-state index contributed by atoms with van der Waals surface area (Å²) in [7, 11) is 0. The van der Waals surface area contributed by atoms with Gasteiger partial charge in [-0.05, 0) is 31.1 Å². The lowest BCUT2D eigenvalue weighted by molar-refractivity contribution is -0.138. The fraction of sp³-hybridized carbons (Fsp3) is 0.138. The van der Waals surface area contributed by atoms with Crippen LogP contribution in [-0.2, 0) is 9.53 Å². The first-order valence-electron chi connectivity index (χ1n) is 11.5. The number of fused-ring (bicyclic) bond motifs is 1. The highest BCUT2D eigenvalue weighted by Crippen LogP contribution is 2.34. The predicted molar refractivity (Wildman–Crippen MR) is 139 cm³/mol. The number of hydrogen-bond donors (Lipinski definition) is 0. The minimum absolute atomic E-state index is 0.183. The van der Waals surface area contributed by atoms with E-state index in [0.717, 1.165) is 22.3 Å². The molecule has 0 bridgehead atoms. The van der Waals surface area contributed by atoms with E-state index < -0.39 is 12.0 Å². The quantitative estimate of drug-likeness (QED) is 0.402. The second-order valence-electron chi connectivity index (χ2n) is 8.25. The maximum absolute atomic E-state index is 13.7. The molecule has 6 heteroatoms. The topological polar surface area (TPSA) is 60.7 Å². The van der Waals surface area contributed by atoms with Crippen molar-refractivity contribution in [1.82, 2.24) is 4.57 Å². The van der Waals surface area contributed by atoms with Crippen LogP contribution in [0.2, 0.25) is 0 Å². The number of carbonyl (C=O) groups is 1. The Hall–Kier alpha value is -4.03. The zero-order valence-electron chi connectivity index (χ0n) is 19.5. The molecule has 1 aromatic heterocycles. The minimum atomic E-state index is -0.651. The van der Waals surface area contributed by atoms with Gasteiger partial charge in [0.05, 0.1) is 28.5 Å². The Labute approximate surface area is 207 Å². The van der Waals surface area contributed by atoms with Gasteiger partial charge in [-0.25, -0.2) is 9.79 Å². The van der Waals surface area contributed by atoms with Gasteiger partial charge in [0.1, 0.15) is 0 Å². The van der Waals surface area contributed by atoms with Gasteiger partial charge in [-0.1, -0.05) is 102 Å². The molecule has 1 unspecified atom stereocenters. The maximum Gasteiger partial charge on any atom is 0.338 e. The Morgan fingerprint density at radius 1 is 1.00 bits per heavy atom. The summed E-state index contributed by atoms with van der Waals surface area (Å²) in [5, 5.41) is 0. The lowest BCUT2D eigenvalue weighted by atomic mass is 9.93. The van der Waals surface area contributed by atoms with E-state index in [2.05, 4.69) is 0 Å². The van der Waals surface area contributed by atoms with Crippen LogP contribution in [0.3, 0.4) is 0 Å². The number of nitrogens with zero attached hydrogens (tertiary/aromatic N) is 2. The van der Waals surface area contributed by atoms with E-state index in [-0.39, 0.29) is 12.2 Å². The molecule has 0 radical (unpaired) electrons. The van der Waals surface area contributed by atoms with Crippen molar-refractivity contribution in [2.45, 2.75) is 19.9 Å². The monoisotopic (exact) mass is 480 g/mol. The molecule has 0 spiro atoms. The van der Waals surface area contributed by atoms with E-state index in [1.165, 1.54) is 11.3 Å². The van der Waals surface area contributed by atoms with Crippen LogP contribution in [-0.4, -0.2) is 17.1 Å². The molecule has 0 saturated carbocycles. The molecule has 174 valence electrons. The average Bonchev–Trinajstić information content (AvgIpc) is 3.20. The summed E-state index contributed by atoms with van der Waals surface area (Å²) in [6.45, 7) is 4.03. The molecule has 3 aromatic carbocycles. The molecular weight excluding hydrogens is 456 g/mol. The highest BCUT2D eigenvalue weighted by Gasteiger charge is 2.35. The highest BCUT2D eigenvalue weighted by molar-refractivity contribution is 7.07. The number of hydrogen-bond acceptors (Lipinski definition) is 5. The minimum Gasteiger partial charge on any atom is -0.463 e. The van der Waals surface area contributed by atoms with Gasteiger partial charge in [-0.2, -0.15) is 0 Å². The molecule has 5 nitrogen and oxygen atoms in total. The zero-order chi connectivity index (χ0) is 24.4. The Balaban J connectivity index is 1.82. The van der Waals surface area contributed by atoms with Crippen molar-refractivity contribution in [3.63, 3.8) is 0 Å². The molecule has 5 rings (SSSR count). The van der Waals surface area contributed by atoms with Crippen LogP contribution < -0.4 is 14.9 Å². The van der Waals surface area contributed by atoms with Crippen LogP contribution >= 0.6 is 11.3 Å². The third kappa shape index (κ3) is 4.40. The van der Waals surface area contributed by atoms with Gasteiger partial charge in [0, 0.05) is 5.56 Å². The molecule has 1 atom stereocenters. The molecule has 2 heterocycles. The summed E-state index contributed by atoms with van der Waals surface area (Å²) < 4.78 is 7.66. The van der Waals surface area contributed by atoms with Crippen LogP contribution in [0.4, 0.5) is 0 Å². The molecule has 0 N–H and O–H groups in total. The summed E-state index contributed by atoms with van der Waals surface area (Å²) in [5.41, 5.74) is 4.41. The molecule has 0 fully saturated rings. The van der Waals surface area contributed by atoms with Crippen molar-refractivity contribution in [2.75, 3.05) is 6.61 Å². The van der Waals surface area contributed by atoms with Crippen LogP contribution in [0.15, 0.2) is 100 Å². The van der Waals surface area contributed by atoms with Gasteiger partial charge in [-0.3, -0.25) is 9.36 Å². The normalized spacial score (nSPS) is 15.5. The SMILES string of the molecule is CCOC(=O)C1=C(c2ccccc2)N=c2s/c(=C/c3ccc(C)cc3)c(=O)n2C1c1ccccc1. The number of thiazole rings is 1. The first-order valence-corrected chi connectivity index (χ1v) is 12.3. The van der Waals surface area contributed by atoms with Gasteiger partial charge in [0.25, 0.3) is 5.56 Å². The smallest absolute Gasteiger partial charge is 0.338 e. The van der Waals surface area contributed by atoms with Crippen molar-refractivity contribution >= 4 is 29.1 Å². The Kier molecular flexibility index (Phi) is 6.29. The first-order chi connectivity index (χ1) is 17.1. The van der Waals surface area contributed by atoms with E-state index >= 15 is 0 Å². The first kappa shape index (κ1) is 22.7. The molecule has 0 aliphatic carbocycles. The van der Waals surface area contributed by atoms with Crippen molar-refractivity contribution in [2.24, 2.45) is 4.99 Å². The average molecular weight is 481 g/mol. The number of aromatic nitrogens is 1. The van der Waals surface area contributed by atoms with Crippen LogP contribution in [0, 0.1) is 6.92 Å². The number of ether oxygens (including phenoxy) is 1. The summed E-state index contributed by atoms with van der Waals surface area (Å²) in [4.78, 5) is 32.5. The number of benzene rings is 3. The molecule has 0 saturated heterocycles. The van der Waals surface area contributed by atoms with Crippen LogP contribution in [0.1, 0.15) is 35.2 Å². The molecule has 1 aliphatic heterocycles. The third-order valence-electron chi connectivity index (χ3n) is 5.86. The summed E-state index contributed by atoms with van der Waals surface area (Å²) in [5.74, 6) is -0.475. The fourth-order valence-corrected chi connectivity index (χ4v) is 5.21. The lowest BCUT2D eigenvalue weighted by Crippen LogP contribution is -2.39. The molecule has 0 amide bonds. The van der Waals surface area contributed by atoms with Crippen molar-refractivity contribution < 1.29 is 9.53 Å². The lowest BCUT2D eigenvalue weighted by Gasteiger charge is -2.25. The van der Waals surface area contributed by atoms with Crippen molar-refractivity contribution in [3.05, 3.63) is 132 Å². The maximum atomic E-state index is 13.7. The van der Waals surface area contributed by atoms with E-state index in [4.69, 9.17) is 9.73 Å².